The molecule has 27 heavy (non-hydrogen) atoms. The van der Waals surface area contributed by atoms with Gasteiger partial charge >= 0.3 is 5.97 Å². The molecule has 2 N–H and O–H groups in total. The molecule has 1 heterocycles. The zero-order chi connectivity index (χ0) is 19.4. The van der Waals surface area contributed by atoms with E-state index in [0.717, 1.165) is 30.4 Å². The number of halogens is 1. The van der Waals surface area contributed by atoms with E-state index in [2.05, 4.69) is 10.6 Å². The van der Waals surface area contributed by atoms with Gasteiger partial charge in [0.25, 0.3) is 0 Å². The maximum atomic E-state index is 12.2. The second kappa shape index (κ2) is 8.82. The predicted octanol–water partition coefficient (Wildman–Crippen LogP) is 4.12. The van der Waals surface area contributed by atoms with E-state index in [0.29, 0.717) is 22.0 Å². The number of nitrogens with one attached hydrogen (secondary N) is 2. The summed E-state index contributed by atoms with van der Waals surface area (Å²) in [7, 11) is 1.36. The summed E-state index contributed by atoms with van der Waals surface area (Å²) in [5.74, 6) is -0.596. The minimum Gasteiger partial charge on any atom is -0.465 e. The van der Waals surface area contributed by atoms with Gasteiger partial charge in [-0.1, -0.05) is 29.8 Å². The fourth-order valence-electron chi connectivity index (χ4n) is 3.08. The SMILES string of the molecule is COC(=O)c1c(NC(=S)NC(=O)CCc2ccccc2Cl)sc2c1CCC2. The highest BCUT2D eigenvalue weighted by molar-refractivity contribution is 7.80. The molecule has 1 amide bonds. The van der Waals surface area contributed by atoms with Gasteiger partial charge in [-0.3, -0.25) is 4.79 Å². The first-order chi connectivity index (χ1) is 13.0. The summed E-state index contributed by atoms with van der Waals surface area (Å²) in [6.45, 7) is 0. The number of thiocarbonyl (C=S) groups is 1. The molecule has 1 aromatic carbocycles. The number of fused-ring (bicyclic) bond motifs is 1. The van der Waals surface area contributed by atoms with Gasteiger partial charge in [0, 0.05) is 16.3 Å². The summed E-state index contributed by atoms with van der Waals surface area (Å²) in [5.41, 5.74) is 2.47. The highest BCUT2D eigenvalue weighted by atomic mass is 35.5. The molecule has 0 unspecified atom stereocenters. The van der Waals surface area contributed by atoms with Crippen LogP contribution in [0.1, 0.15) is 39.2 Å². The lowest BCUT2D eigenvalue weighted by molar-refractivity contribution is -0.119. The standard InChI is InChI=1S/C19H19ClN2O3S2/c1-25-18(24)16-12-6-4-8-14(12)27-17(16)22-19(26)21-15(23)10-9-11-5-2-3-7-13(11)20/h2-3,5,7H,4,6,8-10H2,1H3,(H2,21,22,23,26). The molecule has 0 bridgehead atoms. The smallest absolute Gasteiger partial charge is 0.341 e. The van der Waals surface area contributed by atoms with Gasteiger partial charge in [0.15, 0.2) is 5.11 Å². The number of esters is 1. The summed E-state index contributed by atoms with van der Waals surface area (Å²) in [6, 6.07) is 7.42. The van der Waals surface area contributed by atoms with Crippen molar-refractivity contribution >= 4 is 57.1 Å². The van der Waals surface area contributed by atoms with Crippen molar-refractivity contribution in [3.63, 3.8) is 0 Å². The average molecular weight is 423 g/mol. The number of aryl methyl sites for hydroxylation is 2. The van der Waals surface area contributed by atoms with E-state index in [-0.39, 0.29) is 23.4 Å². The highest BCUT2D eigenvalue weighted by Gasteiger charge is 2.27. The van der Waals surface area contributed by atoms with Crippen molar-refractivity contribution in [1.29, 1.82) is 0 Å². The van der Waals surface area contributed by atoms with E-state index in [9.17, 15) is 9.59 Å². The van der Waals surface area contributed by atoms with Crippen LogP contribution in [0.3, 0.4) is 0 Å². The number of benzene rings is 1. The van der Waals surface area contributed by atoms with Crippen LogP contribution >= 0.6 is 35.2 Å². The van der Waals surface area contributed by atoms with Gasteiger partial charge in [-0.25, -0.2) is 4.79 Å². The Kier molecular flexibility index (Phi) is 6.46. The zero-order valence-electron chi connectivity index (χ0n) is 14.8. The lowest BCUT2D eigenvalue weighted by atomic mass is 10.1. The Bertz CT molecular complexity index is 895. The maximum Gasteiger partial charge on any atom is 0.341 e. The first-order valence-corrected chi connectivity index (χ1v) is 10.2. The molecular formula is C19H19ClN2O3S2. The van der Waals surface area contributed by atoms with Crippen LogP contribution in [0.5, 0.6) is 0 Å². The van der Waals surface area contributed by atoms with Crippen LogP contribution in [0, 0.1) is 0 Å². The van der Waals surface area contributed by atoms with Crippen molar-refractivity contribution in [1.82, 2.24) is 5.32 Å². The van der Waals surface area contributed by atoms with Crippen LogP contribution in [0.25, 0.3) is 0 Å². The molecule has 5 nitrogen and oxygen atoms in total. The Labute approximate surface area is 172 Å². The molecule has 0 aliphatic heterocycles. The van der Waals surface area contributed by atoms with Gasteiger partial charge in [-0.05, 0) is 55.1 Å². The van der Waals surface area contributed by atoms with Gasteiger partial charge in [0.2, 0.25) is 5.91 Å². The monoisotopic (exact) mass is 422 g/mol. The number of ether oxygens (including phenoxy) is 1. The second-order valence-electron chi connectivity index (χ2n) is 6.15. The van der Waals surface area contributed by atoms with E-state index in [1.54, 1.807) is 6.07 Å². The molecule has 0 spiro atoms. The minimum absolute atomic E-state index is 0.171. The zero-order valence-corrected chi connectivity index (χ0v) is 17.2. The Morgan fingerprint density at radius 2 is 2.07 bits per heavy atom. The lowest BCUT2D eigenvalue weighted by Crippen LogP contribution is -2.34. The molecule has 8 heteroatoms. The molecule has 142 valence electrons. The topological polar surface area (TPSA) is 67.4 Å². The van der Waals surface area contributed by atoms with E-state index in [1.807, 2.05) is 18.2 Å². The molecular weight excluding hydrogens is 404 g/mol. The molecule has 1 aliphatic rings. The van der Waals surface area contributed by atoms with Crippen LogP contribution in [-0.4, -0.2) is 24.1 Å². The molecule has 0 fully saturated rings. The summed E-state index contributed by atoms with van der Waals surface area (Å²) in [4.78, 5) is 25.5. The highest BCUT2D eigenvalue weighted by Crippen LogP contribution is 2.39. The summed E-state index contributed by atoms with van der Waals surface area (Å²) < 4.78 is 4.91. The molecule has 0 atom stereocenters. The third-order valence-electron chi connectivity index (χ3n) is 4.37. The molecule has 0 saturated heterocycles. The first kappa shape index (κ1) is 19.8. The van der Waals surface area contributed by atoms with E-state index < -0.39 is 0 Å². The quantitative estimate of drug-likeness (QED) is 0.560. The van der Waals surface area contributed by atoms with Crippen molar-refractivity contribution in [2.45, 2.75) is 32.1 Å². The molecule has 0 radical (unpaired) electrons. The fourth-order valence-corrected chi connectivity index (χ4v) is 4.88. The number of rotatable bonds is 5. The Balaban J connectivity index is 1.60. The van der Waals surface area contributed by atoms with Crippen molar-refractivity contribution in [3.05, 3.63) is 50.9 Å². The third kappa shape index (κ3) is 4.66. The third-order valence-corrected chi connectivity index (χ3v) is 6.15. The average Bonchev–Trinajstić information content (AvgIpc) is 3.21. The van der Waals surface area contributed by atoms with E-state index in [1.165, 1.54) is 23.3 Å². The minimum atomic E-state index is -0.384. The van der Waals surface area contributed by atoms with Gasteiger partial charge < -0.3 is 15.4 Å². The molecule has 1 aliphatic carbocycles. The maximum absolute atomic E-state index is 12.2. The molecule has 1 aromatic heterocycles. The first-order valence-electron chi connectivity index (χ1n) is 8.56. The number of hydrogen-bond acceptors (Lipinski definition) is 5. The van der Waals surface area contributed by atoms with Crippen molar-refractivity contribution in [2.24, 2.45) is 0 Å². The molecule has 2 aromatic rings. The van der Waals surface area contributed by atoms with Crippen LogP contribution < -0.4 is 10.6 Å². The second-order valence-corrected chi connectivity index (χ2v) is 8.07. The van der Waals surface area contributed by atoms with E-state index in [4.69, 9.17) is 28.6 Å². The van der Waals surface area contributed by atoms with Crippen LogP contribution in [0.2, 0.25) is 5.02 Å². The number of hydrogen-bond donors (Lipinski definition) is 2. The number of carbonyl (C=O) groups is 2. The number of anilines is 1. The van der Waals surface area contributed by atoms with Crippen LogP contribution in [0.15, 0.2) is 24.3 Å². The number of amides is 1. The van der Waals surface area contributed by atoms with E-state index >= 15 is 0 Å². The predicted molar refractivity (Wildman–Crippen MR) is 112 cm³/mol. The van der Waals surface area contributed by atoms with Gasteiger partial charge in [0.1, 0.15) is 5.00 Å². The van der Waals surface area contributed by atoms with Crippen molar-refractivity contribution in [3.8, 4) is 0 Å². The number of thiophene rings is 1. The number of methoxy groups -OCH3 is 1. The van der Waals surface area contributed by atoms with Gasteiger partial charge in [-0.15, -0.1) is 11.3 Å². The summed E-state index contributed by atoms with van der Waals surface area (Å²) in [6.07, 6.45) is 3.62. The lowest BCUT2D eigenvalue weighted by Gasteiger charge is -2.10. The Hall–Kier alpha value is -1.96. The van der Waals surface area contributed by atoms with Crippen LogP contribution in [0.4, 0.5) is 5.00 Å². The summed E-state index contributed by atoms with van der Waals surface area (Å²) in [5, 5.41) is 7.09. The fraction of sp³-hybridized carbons (Fsp3) is 0.316. The largest absolute Gasteiger partial charge is 0.465 e. The van der Waals surface area contributed by atoms with Crippen molar-refractivity contribution < 1.29 is 14.3 Å². The van der Waals surface area contributed by atoms with Crippen molar-refractivity contribution in [2.75, 3.05) is 12.4 Å². The van der Waals surface area contributed by atoms with Crippen LogP contribution in [-0.2, 0) is 28.8 Å². The normalized spacial score (nSPS) is 12.4. The molecule has 3 rings (SSSR count). The Morgan fingerprint density at radius 3 is 2.81 bits per heavy atom. The Morgan fingerprint density at radius 1 is 1.30 bits per heavy atom. The summed E-state index contributed by atoms with van der Waals surface area (Å²) >= 11 is 12.8. The molecule has 0 saturated carbocycles. The van der Waals surface area contributed by atoms with Gasteiger partial charge in [-0.2, -0.15) is 0 Å². The number of carbonyl (C=O) groups excluding carboxylic acids is 2. The van der Waals surface area contributed by atoms with Gasteiger partial charge in [0.05, 0.1) is 12.7 Å².